The lowest BCUT2D eigenvalue weighted by Crippen LogP contribution is -1.98. The SMILES string of the molecule is Cc1cc([N+](=O)[O-])ccc1Oc1ccc(CN)cc1C#N. The van der Waals surface area contributed by atoms with Crippen molar-refractivity contribution in [2.75, 3.05) is 0 Å². The van der Waals surface area contributed by atoms with Crippen LogP contribution in [0.1, 0.15) is 16.7 Å². The highest BCUT2D eigenvalue weighted by molar-refractivity contribution is 5.50. The van der Waals surface area contributed by atoms with Crippen molar-refractivity contribution in [3.05, 3.63) is 63.2 Å². The zero-order chi connectivity index (χ0) is 15.4. The molecule has 0 amide bonds. The van der Waals surface area contributed by atoms with Gasteiger partial charge >= 0.3 is 0 Å². The molecule has 106 valence electrons. The Hall–Kier alpha value is -2.91. The van der Waals surface area contributed by atoms with E-state index >= 15 is 0 Å². The number of hydrogen-bond acceptors (Lipinski definition) is 5. The van der Waals surface area contributed by atoms with E-state index in [1.807, 2.05) is 0 Å². The quantitative estimate of drug-likeness (QED) is 0.686. The largest absolute Gasteiger partial charge is 0.456 e. The molecule has 2 rings (SSSR count). The summed E-state index contributed by atoms with van der Waals surface area (Å²) >= 11 is 0. The molecule has 21 heavy (non-hydrogen) atoms. The minimum atomic E-state index is -0.465. The predicted octanol–water partition coefficient (Wildman–Crippen LogP) is 3.03. The molecule has 6 nitrogen and oxygen atoms in total. The molecule has 2 aromatic carbocycles. The van der Waals surface area contributed by atoms with E-state index in [1.54, 1.807) is 25.1 Å². The van der Waals surface area contributed by atoms with Crippen LogP contribution in [0.3, 0.4) is 0 Å². The fourth-order valence-corrected chi connectivity index (χ4v) is 1.86. The smallest absolute Gasteiger partial charge is 0.269 e. The number of ether oxygens (including phenoxy) is 1. The fourth-order valence-electron chi connectivity index (χ4n) is 1.86. The Labute approximate surface area is 121 Å². The summed E-state index contributed by atoms with van der Waals surface area (Å²) in [7, 11) is 0. The first-order valence-electron chi connectivity index (χ1n) is 6.21. The van der Waals surface area contributed by atoms with Crippen LogP contribution in [0.5, 0.6) is 11.5 Å². The Morgan fingerprint density at radius 1 is 1.29 bits per heavy atom. The van der Waals surface area contributed by atoms with Crippen LogP contribution in [0.25, 0.3) is 0 Å². The summed E-state index contributed by atoms with van der Waals surface area (Å²) in [6.07, 6.45) is 0. The second-order valence-electron chi connectivity index (χ2n) is 4.46. The molecule has 0 fully saturated rings. The van der Waals surface area contributed by atoms with Gasteiger partial charge in [-0.25, -0.2) is 0 Å². The van der Waals surface area contributed by atoms with Crippen molar-refractivity contribution in [3.63, 3.8) is 0 Å². The Morgan fingerprint density at radius 3 is 2.57 bits per heavy atom. The number of hydrogen-bond donors (Lipinski definition) is 1. The fraction of sp³-hybridized carbons (Fsp3) is 0.133. The lowest BCUT2D eigenvalue weighted by atomic mass is 10.1. The lowest BCUT2D eigenvalue weighted by Gasteiger charge is -2.10. The van der Waals surface area contributed by atoms with Gasteiger partial charge in [-0.2, -0.15) is 5.26 Å². The lowest BCUT2D eigenvalue weighted by molar-refractivity contribution is -0.384. The molecule has 0 spiro atoms. The monoisotopic (exact) mass is 283 g/mol. The number of rotatable bonds is 4. The summed E-state index contributed by atoms with van der Waals surface area (Å²) in [5, 5.41) is 19.8. The topological polar surface area (TPSA) is 102 Å². The van der Waals surface area contributed by atoms with Gasteiger partial charge in [-0.05, 0) is 36.2 Å². The van der Waals surface area contributed by atoms with Crippen LogP contribution >= 0.6 is 0 Å². The van der Waals surface area contributed by atoms with Crippen molar-refractivity contribution in [2.45, 2.75) is 13.5 Å². The summed E-state index contributed by atoms with van der Waals surface area (Å²) in [6, 6.07) is 11.5. The van der Waals surface area contributed by atoms with E-state index in [-0.39, 0.29) is 5.69 Å². The minimum Gasteiger partial charge on any atom is -0.456 e. The maximum Gasteiger partial charge on any atom is 0.269 e. The standard InChI is InChI=1S/C15H13N3O3/c1-10-6-13(18(19)20)3-5-14(10)21-15-4-2-11(8-16)7-12(15)9-17/h2-7H,8,16H2,1H3. The maximum absolute atomic E-state index is 10.7. The minimum absolute atomic E-state index is 0.00108. The van der Waals surface area contributed by atoms with Gasteiger partial charge in [0.05, 0.1) is 10.5 Å². The number of nitrogens with two attached hydrogens (primary N) is 1. The molecule has 0 unspecified atom stereocenters. The van der Waals surface area contributed by atoms with E-state index in [2.05, 4.69) is 6.07 Å². The Kier molecular flexibility index (Phi) is 4.16. The molecule has 0 radical (unpaired) electrons. The van der Waals surface area contributed by atoms with Gasteiger partial charge in [-0.15, -0.1) is 0 Å². The van der Waals surface area contributed by atoms with Crippen LogP contribution in [0.2, 0.25) is 0 Å². The number of nitriles is 1. The Bertz CT molecular complexity index is 735. The van der Waals surface area contributed by atoms with Gasteiger partial charge in [0.1, 0.15) is 17.6 Å². The normalized spacial score (nSPS) is 9.95. The van der Waals surface area contributed by atoms with E-state index in [1.165, 1.54) is 18.2 Å². The summed E-state index contributed by atoms with van der Waals surface area (Å²) in [5.74, 6) is 0.865. The van der Waals surface area contributed by atoms with E-state index in [0.29, 0.717) is 29.2 Å². The molecule has 0 aliphatic rings. The second kappa shape index (κ2) is 6.03. The second-order valence-corrected chi connectivity index (χ2v) is 4.46. The first-order chi connectivity index (χ1) is 10.0. The van der Waals surface area contributed by atoms with E-state index in [4.69, 9.17) is 15.7 Å². The van der Waals surface area contributed by atoms with Crippen molar-refractivity contribution in [2.24, 2.45) is 5.73 Å². The van der Waals surface area contributed by atoms with Crippen molar-refractivity contribution in [1.82, 2.24) is 0 Å². The van der Waals surface area contributed by atoms with Crippen LogP contribution in [-0.4, -0.2) is 4.92 Å². The number of benzene rings is 2. The zero-order valence-electron chi connectivity index (χ0n) is 11.4. The third-order valence-electron chi connectivity index (χ3n) is 2.99. The van der Waals surface area contributed by atoms with Crippen molar-refractivity contribution in [3.8, 4) is 17.6 Å². The summed E-state index contributed by atoms with van der Waals surface area (Å²) in [4.78, 5) is 10.2. The van der Waals surface area contributed by atoms with E-state index < -0.39 is 4.92 Å². The van der Waals surface area contributed by atoms with Crippen LogP contribution < -0.4 is 10.5 Å². The zero-order valence-corrected chi connectivity index (χ0v) is 11.4. The average Bonchev–Trinajstić information content (AvgIpc) is 2.49. The third-order valence-corrected chi connectivity index (χ3v) is 2.99. The molecule has 0 aliphatic heterocycles. The van der Waals surface area contributed by atoms with Crippen LogP contribution in [0.4, 0.5) is 5.69 Å². The maximum atomic E-state index is 10.7. The van der Waals surface area contributed by atoms with Crippen LogP contribution in [-0.2, 0) is 6.54 Å². The van der Waals surface area contributed by atoms with Gasteiger partial charge in [-0.3, -0.25) is 10.1 Å². The number of aryl methyl sites for hydroxylation is 1. The van der Waals surface area contributed by atoms with Gasteiger partial charge in [0.25, 0.3) is 5.69 Å². The van der Waals surface area contributed by atoms with Crippen molar-refractivity contribution >= 4 is 5.69 Å². The predicted molar refractivity (Wildman–Crippen MR) is 77.0 cm³/mol. The van der Waals surface area contributed by atoms with E-state index in [0.717, 1.165) is 5.56 Å². The molecule has 0 aliphatic carbocycles. The summed E-state index contributed by atoms with van der Waals surface area (Å²) in [6.45, 7) is 2.05. The summed E-state index contributed by atoms with van der Waals surface area (Å²) in [5.41, 5.74) is 7.36. The first-order valence-corrected chi connectivity index (χ1v) is 6.21. The van der Waals surface area contributed by atoms with Gasteiger partial charge in [-0.1, -0.05) is 6.07 Å². The molecule has 0 atom stereocenters. The van der Waals surface area contributed by atoms with Crippen molar-refractivity contribution < 1.29 is 9.66 Å². The highest BCUT2D eigenvalue weighted by Crippen LogP contribution is 2.30. The molecule has 2 aromatic rings. The molecule has 0 saturated heterocycles. The summed E-state index contributed by atoms with van der Waals surface area (Å²) < 4.78 is 5.68. The van der Waals surface area contributed by atoms with Gasteiger partial charge in [0.2, 0.25) is 0 Å². The first kappa shape index (κ1) is 14.5. The highest BCUT2D eigenvalue weighted by atomic mass is 16.6. The molecular formula is C15H13N3O3. The number of nitrogens with zero attached hydrogens (tertiary/aromatic N) is 2. The van der Waals surface area contributed by atoms with Gasteiger partial charge in [0, 0.05) is 18.7 Å². The molecule has 0 bridgehead atoms. The molecule has 0 saturated carbocycles. The Balaban J connectivity index is 2.34. The van der Waals surface area contributed by atoms with E-state index in [9.17, 15) is 10.1 Å². The molecule has 2 N–H and O–H groups in total. The van der Waals surface area contributed by atoms with Crippen LogP contribution in [0, 0.1) is 28.4 Å². The molecular weight excluding hydrogens is 270 g/mol. The Morgan fingerprint density at radius 2 is 2.00 bits per heavy atom. The number of non-ortho nitro benzene ring substituents is 1. The third kappa shape index (κ3) is 3.16. The van der Waals surface area contributed by atoms with Crippen molar-refractivity contribution in [1.29, 1.82) is 5.26 Å². The number of nitro benzene ring substituents is 1. The molecule has 0 heterocycles. The molecule has 0 aromatic heterocycles. The highest BCUT2D eigenvalue weighted by Gasteiger charge is 2.11. The molecule has 6 heteroatoms. The van der Waals surface area contributed by atoms with Gasteiger partial charge in [0.15, 0.2) is 0 Å². The van der Waals surface area contributed by atoms with Crippen LogP contribution in [0.15, 0.2) is 36.4 Å². The average molecular weight is 283 g/mol. The number of nitro groups is 1. The van der Waals surface area contributed by atoms with Gasteiger partial charge < -0.3 is 10.5 Å².